The lowest BCUT2D eigenvalue weighted by Gasteiger charge is -2.36. The highest BCUT2D eigenvalue weighted by Crippen LogP contribution is 2.22. The molecule has 21 heavy (non-hydrogen) atoms. The van der Waals surface area contributed by atoms with Gasteiger partial charge in [0.25, 0.3) is 0 Å². The van der Waals surface area contributed by atoms with E-state index < -0.39 is 0 Å². The van der Waals surface area contributed by atoms with Crippen LogP contribution in [0, 0.1) is 5.82 Å². The van der Waals surface area contributed by atoms with Crippen LogP contribution >= 0.6 is 0 Å². The summed E-state index contributed by atoms with van der Waals surface area (Å²) in [5.74, 6) is 1.12. The van der Waals surface area contributed by atoms with Crippen molar-refractivity contribution in [3.63, 3.8) is 0 Å². The van der Waals surface area contributed by atoms with Gasteiger partial charge in [-0.15, -0.1) is 0 Å². The van der Waals surface area contributed by atoms with E-state index in [0.29, 0.717) is 11.6 Å². The van der Waals surface area contributed by atoms with Crippen molar-refractivity contribution in [3.05, 3.63) is 42.5 Å². The minimum Gasteiger partial charge on any atom is -0.480 e. The Morgan fingerprint density at radius 1 is 1.05 bits per heavy atom. The number of aromatic nitrogens is 2. The summed E-state index contributed by atoms with van der Waals surface area (Å²) < 4.78 is 18.9. The summed E-state index contributed by atoms with van der Waals surface area (Å²) in [6.07, 6.45) is 3.31. The zero-order valence-corrected chi connectivity index (χ0v) is 11.9. The Balaban J connectivity index is 1.69. The molecule has 1 aromatic heterocycles. The molecule has 0 N–H and O–H groups in total. The number of halogens is 1. The van der Waals surface area contributed by atoms with Gasteiger partial charge in [-0.05, 0) is 12.1 Å². The van der Waals surface area contributed by atoms with Gasteiger partial charge in [0.1, 0.15) is 5.82 Å². The second-order valence-electron chi connectivity index (χ2n) is 4.85. The molecule has 0 spiro atoms. The molecule has 2 heterocycles. The zero-order chi connectivity index (χ0) is 14.7. The van der Waals surface area contributed by atoms with Gasteiger partial charge in [-0.1, -0.05) is 12.1 Å². The molecule has 3 rings (SSSR count). The number of methoxy groups -OCH3 is 1. The molecule has 1 aliphatic heterocycles. The molecule has 0 aliphatic carbocycles. The highest BCUT2D eigenvalue weighted by Gasteiger charge is 2.20. The average molecular weight is 288 g/mol. The predicted molar refractivity (Wildman–Crippen MR) is 79.4 cm³/mol. The summed E-state index contributed by atoms with van der Waals surface area (Å²) >= 11 is 0. The first-order valence-electron chi connectivity index (χ1n) is 6.88. The van der Waals surface area contributed by atoms with Crippen molar-refractivity contribution >= 4 is 11.5 Å². The third-order valence-corrected chi connectivity index (χ3v) is 3.61. The maximum atomic E-state index is 13.8. The van der Waals surface area contributed by atoms with Crippen LogP contribution in [0.4, 0.5) is 15.9 Å². The number of para-hydroxylation sites is 1. The van der Waals surface area contributed by atoms with E-state index in [2.05, 4.69) is 19.8 Å². The molecule has 1 fully saturated rings. The number of rotatable bonds is 3. The smallest absolute Gasteiger partial charge is 0.233 e. The molecule has 0 saturated carbocycles. The van der Waals surface area contributed by atoms with Gasteiger partial charge in [0, 0.05) is 26.2 Å². The van der Waals surface area contributed by atoms with Crippen LogP contribution < -0.4 is 14.5 Å². The van der Waals surface area contributed by atoms with E-state index in [0.717, 1.165) is 32.0 Å². The van der Waals surface area contributed by atoms with Crippen molar-refractivity contribution < 1.29 is 9.13 Å². The fourth-order valence-electron chi connectivity index (χ4n) is 2.47. The predicted octanol–water partition coefficient (Wildman–Crippen LogP) is 1.95. The van der Waals surface area contributed by atoms with Crippen LogP contribution in [0.1, 0.15) is 0 Å². The molecule has 1 aromatic carbocycles. The van der Waals surface area contributed by atoms with Gasteiger partial charge >= 0.3 is 0 Å². The normalized spacial score (nSPS) is 15.1. The number of hydrogen-bond acceptors (Lipinski definition) is 5. The Morgan fingerprint density at radius 2 is 1.76 bits per heavy atom. The maximum absolute atomic E-state index is 13.8. The van der Waals surface area contributed by atoms with Gasteiger partial charge in [-0.25, -0.2) is 4.39 Å². The highest BCUT2D eigenvalue weighted by molar-refractivity contribution is 5.50. The Kier molecular flexibility index (Phi) is 3.85. The molecular formula is C15H17FN4O. The quantitative estimate of drug-likeness (QED) is 0.863. The summed E-state index contributed by atoms with van der Waals surface area (Å²) in [7, 11) is 1.57. The summed E-state index contributed by atoms with van der Waals surface area (Å²) in [5.41, 5.74) is 0.661. The highest BCUT2D eigenvalue weighted by atomic mass is 19.1. The van der Waals surface area contributed by atoms with Gasteiger partial charge in [-0.3, -0.25) is 4.98 Å². The monoisotopic (exact) mass is 288 g/mol. The Hall–Kier alpha value is -2.37. The number of anilines is 2. The van der Waals surface area contributed by atoms with E-state index in [9.17, 15) is 4.39 Å². The second kappa shape index (κ2) is 5.95. The third kappa shape index (κ3) is 2.89. The Morgan fingerprint density at radius 3 is 2.48 bits per heavy atom. The first kappa shape index (κ1) is 13.6. The lowest BCUT2D eigenvalue weighted by atomic mass is 10.2. The van der Waals surface area contributed by atoms with Crippen molar-refractivity contribution in [2.75, 3.05) is 43.1 Å². The molecule has 0 amide bonds. The first-order valence-corrected chi connectivity index (χ1v) is 6.88. The maximum Gasteiger partial charge on any atom is 0.233 e. The van der Waals surface area contributed by atoms with Crippen LogP contribution in [0.25, 0.3) is 0 Å². The lowest BCUT2D eigenvalue weighted by Crippen LogP contribution is -2.47. The second-order valence-corrected chi connectivity index (χ2v) is 4.85. The Labute approximate surface area is 123 Å². The van der Waals surface area contributed by atoms with E-state index in [4.69, 9.17) is 4.74 Å². The molecule has 6 heteroatoms. The third-order valence-electron chi connectivity index (χ3n) is 3.61. The van der Waals surface area contributed by atoms with Crippen LogP contribution in [0.3, 0.4) is 0 Å². The lowest BCUT2D eigenvalue weighted by molar-refractivity contribution is 0.395. The minimum absolute atomic E-state index is 0.174. The summed E-state index contributed by atoms with van der Waals surface area (Å²) in [6, 6.07) is 6.88. The molecule has 0 unspecified atom stereocenters. The molecular weight excluding hydrogens is 271 g/mol. The molecule has 0 atom stereocenters. The van der Waals surface area contributed by atoms with Crippen molar-refractivity contribution in [2.45, 2.75) is 0 Å². The van der Waals surface area contributed by atoms with E-state index >= 15 is 0 Å². The average Bonchev–Trinajstić information content (AvgIpc) is 2.56. The van der Waals surface area contributed by atoms with Crippen molar-refractivity contribution in [1.82, 2.24) is 9.97 Å². The molecule has 1 saturated heterocycles. The standard InChI is InChI=1S/C15H17FN4O/c1-21-15-11-17-10-14(18-15)20-8-6-19(7-9-20)13-5-3-2-4-12(13)16/h2-5,10-11H,6-9H2,1H3. The van der Waals surface area contributed by atoms with Gasteiger partial charge in [-0.2, -0.15) is 4.98 Å². The van der Waals surface area contributed by atoms with E-state index in [1.54, 1.807) is 25.6 Å². The molecule has 5 nitrogen and oxygen atoms in total. The number of hydrogen-bond donors (Lipinski definition) is 0. The van der Waals surface area contributed by atoms with Gasteiger partial charge < -0.3 is 14.5 Å². The Bertz CT molecular complexity index is 614. The van der Waals surface area contributed by atoms with Crippen LogP contribution in [0.5, 0.6) is 5.88 Å². The largest absolute Gasteiger partial charge is 0.480 e. The molecule has 0 radical (unpaired) electrons. The molecule has 1 aliphatic rings. The molecule has 0 bridgehead atoms. The van der Waals surface area contributed by atoms with Crippen LogP contribution in [-0.4, -0.2) is 43.3 Å². The molecule has 2 aromatic rings. The van der Waals surface area contributed by atoms with Crippen LogP contribution in [-0.2, 0) is 0 Å². The summed E-state index contributed by atoms with van der Waals surface area (Å²) in [5, 5.41) is 0. The molecule has 110 valence electrons. The van der Waals surface area contributed by atoms with Crippen molar-refractivity contribution in [3.8, 4) is 5.88 Å². The van der Waals surface area contributed by atoms with Gasteiger partial charge in [0.15, 0.2) is 5.82 Å². The van der Waals surface area contributed by atoms with E-state index in [-0.39, 0.29) is 5.82 Å². The zero-order valence-electron chi connectivity index (χ0n) is 11.9. The SMILES string of the molecule is COc1cncc(N2CCN(c3ccccc3F)CC2)n1. The number of ether oxygens (including phenoxy) is 1. The van der Waals surface area contributed by atoms with E-state index in [1.807, 2.05) is 12.1 Å². The van der Waals surface area contributed by atoms with Gasteiger partial charge in [0.05, 0.1) is 25.2 Å². The number of benzene rings is 1. The topological polar surface area (TPSA) is 41.5 Å². The minimum atomic E-state index is -0.174. The number of nitrogens with zero attached hydrogens (tertiary/aromatic N) is 4. The van der Waals surface area contributed by atoms with E-state index in [1.165, 1.54) is 6.07 Å². The fraction of sp³-hybridized carbons (Fsp3) is 0.333. The fourth-order valence-corrected chi connectivity index (χ4v) is 2.47. The van der Waals surface area contributed by atoms with Gasteiger partial charge in [0.2, 0.25) is 5.88 Å². The van der Waals surface area contributed by atoms with Crippen LogP contribution in [0.15, 0.2) is 36.7 Å². The van der Waals surface area contributed by atoms with Crippen molar-refractivity contribution in [2.24, 2.45) is 0 Å². The summed E-state index contributed by atoms with van der Waals surface area (Å²) in [4.78, 5) is 12.7. The van der Waals surface area contributed by atoms with Crippen molar-refractivity contribution in [1.29, 1.82) is 0 Å². The van der Waals surface area contributed by atoms with Crippen LogP contribution in [0.2, 0.25) is 0 Å². The summed E-state index contributed by atoms with van der Waals surface area (Å²) in [6.45, 7) is 3.05. The first-order chi connectivity index (χ1) is 10.3. The number of piperazine rings is 1.